The van der Waals surface area contributed by atoms with Crippen LogP contribution >= 0.6 is 0 Å². The van der Waals surface area contributed by atoms with Gasteiger partial charge in [0.2, 0.25) is 12.1 Å². The van der Waals surface area contributed by atoms with Crippen LogP contribution in [-0.2, 0) is 9.53 Å². The maximum absolute atomic E-state index is 14.0. The third-order valence-corrected chi connectivity index (χ3v) is 3.98. The number of ether oxygens (including phenoxy) is 1. The molecule has 0 spiro atoms. The highest BCUT2D eigenvalue weighted by molar-refractivity contribution is 5.94. The van der Waals surface area contributed by atoms with Gasteiger partial charge in [-0.3, -0.25) is 14.3 Å². The third kappa shape index (κ3) is 2.52. The molecule has 23 heavy (non-hydrogen) atoms. The summed E-state index contributed by atoms with van der Waals surface area (Å²) in [7, 11) is 0. The zero-order chi connectivity index (χ0) is 16.8. The average Bonchev–Trinajstić information content (AvgIpc) is 3.02. The van der Waals surface area contributed by atoms with Gasteiger partial charge in [-0.2, -0.15) is 13.8 Å². The summed E-state index contributed by atoms with van der Waals surface area (Å²) in [4.78, 5) is 28.6. The fourth-order valence-electron chi connectivity index (χ4n) is 2.74. The number of anilines is 1. The predicted octanol–water partition coefficient (Wildman–Crippen LogP) is -0.744. The highest BCUT2D eigenvalue weighted by Crippen LogP contribution is 2.42. The van der Waals surface area contributed by atoms with E-state index in [0.29, 0.717) is 24.0 Å². The van der Waals surface area contributed by atoms with Crippen LogP contribution in [0.4, 0.5) is 14.6 Å². The summed E-state index contributed by atoms with van der Waals surface area (Å²) in [5.74, 6) is -3.86. The first-order valence-electron chi connectivity index (χ1n) is 7.08. The first kappa shape index (κ1) is 16.0. The molecule has 0 saturated carbocycles. The maximum Gasteiger partial charge on any atom is 0.351 e. The van der Waals surface area contributed by atoms with Crippen molar-refractivity contribution in [2.75, 3.05) is 18.1 Å². The van der Waals surface area contributed by atoms with Gasteiger partial charge in [0.25, 0.3) is 0 Å². The van der Waals surface area contributed by atoms with Crippen molar-refractivity contribution in [1.82, 2.24) is 9.55 Å². The Morgan fingerprint density at radius 1 is 1.43 bits per heavy atom. The van der Waals surface area contributed by atoms with Crippen molar-refractivity contribution in [3.8, 4) is 0 Å². The van der Waals surface area contributed by atoms with E-state index in [-0.39, 0.29) is 11.7 Å². The Morgan fingerprint density at radius 3 is 2.70 bits per heavy atom. The van der Waals surface area contributed by atoms with E-state index >= 15 is 0 Å². The Morgan fingerprint density at radius 2 is 2.17 bits per heavy atom. The van der Waals surface area contributed by atoms with Crippen LogP contribution in [0.3, 0.4) is 0 Å². The highest BCUT2D eigenvalue weighted by Gasteiger charge is 2.59. The number of aliphatic hydroxyl groups is 2. The number of halogens is 2. The molecule has 1 amide bonds. The zero-order valence-corrected chi connectivity index (χ0v) is 11.9. The molecule has 2 aliphatic heterocycles. The molecule has 2 saturated heterocycles. The first-order valence-corrected chi connectivity index (χ1v) is 7.08. The molecule has 3 heterocycles. The molecule has 3 atom stereocenters. The van der Waals surface area contributed by atoms with Crippen LogP contribution in [0.5, 0.6) is 0 Å². The van der Waals surface area contributed by atoms with Gasteiger partial charge < -0.3 is 14.9 Å². The van der Waals surface area contributed by atoms with Crippen LogP contribution < -0.4 is 10.6 Å². The molecule has 0 radical (unpaired) electrons. The lowest BCUT2D eigenvalue weighted by molar-refractivity contribution is -0.141. The minimum absolute atomic E-state index is 0.0920. The number of hydrogen-bond acceptors (Lipinski definition) is 6. The SMILES string of the molecule is O=C1CCCN1c1ccn([C@@H]2O[C@H](CO)[C@@H](O)C2(F)F)c(=O)n1. The van der Waals surface area contributed by atoms with E-state index < -0.39 is 36.7 Å². The van der Waals surface area contributed by atoms with Crippen LogP contribution in [0.1, 0.15) is 19.1 Å². The molecule has 0 aliphatic carbocycles. The molecule has 2 fully saturated rings. The lowest BCUT2D eigenvalue weighted by Gasteiger charge is -2.22. The standard InChI is InChI=1S/C13H15F2N3O5/c14-13(15)10(21)7(6-19)23-11(13)18-5-3-8(16-12(18)22)17-4-1-2-9(17)20/h3,5,7,10-11,19,21H,1-2,4,6H2/t7-,10-,11-/m1/s1. The fraction of sp³-hybridized carbons (Fsp3) is 0.615. The van der Waals surface area contributed by atoms with Crippen molar-refractivity contribution in [3.63, 3.8) is 0 Å². The number of carbonyl (C=O) groups is 1. The molecule has 2 aliphatic rings. The second kappa shape index (κ2) is 5.62. The molecular formula is C13H15F2N3O5. The lowest BCUT2D eigenvalue weighted by Crippen LogP contribution is -2.42. The van der Waals surface area contributed by atoms with Gasteiger partial charge in [-0.05, 0) is 12.5 Å². The molecule has 2 N–H and O–H groups in total. The predicted molar refractivity (Wildman–Crippen MR) is 72.0 cm³/mol. The molecular weight excluding hydrogens is 316 g/mol. The van der Waals surface area contributed by atoms with Gasteiger partial charge in [0.15, 0.2) is 6.10 Å². The summed E-state index contributed by atoms with van der Waals surface area (Å²) < 4.78 is 33.5. The van der Waals surface area contributed by atoms with Crippen LogP contribution in [0, 0.1) is 0 Å². The number of aliphatic hydroxyl groups excluding tert-OH is 2. The summed E-state index contributed by atoms with van der Waals surface area (Å²) in [6, 6.07) is 1.27. The Labute approximate surface area is 128 Å². The molecule has 126 valence electrons. The van der Waals surface area contributed by atoms with Crippen LogP contribution in [0.25, 0.3) is 0 Å². The van der Waals surface area contributed by atoms with E-state index in [0.717, 1.165) is 6.20 Å². The summed E-state index contributed by atoms with van der Waals surface area (Å²) >= 11 is 0. The van der Waals surface area contributed by atoms with Crippen molar-refractivity contribution in [2.45, 2.75) is 37.2 Å². The summed E-state index contributed by atoms with van der Waals surface area (Å²) in [5.41, 5.74) is -1.03. The van der Waals surface area contributed by atoms with Crippen molar-refractivity contribution < 1.29 is 28.5 Å². The number of carbonyl (C=O) groups excluding carboxylic acids is 1. The Kier molecular flexibility index (Phi) is 3.90. The molecule has 1 aromatic rings. The van der Waals surface area contributed by atoms with E-state index in [1.807, 2.05) is 0 Å². The minimum Gasteiger partial charge on any atom is -0.394 e. The topological polar surface area (TPSA) is 105 Å². The third-order valence-electron chi connectivity index (χ3n) is 3.98. The molecule has 3 rings (SSSR count). The van der Waals surface area contributed by atoms with Crippen LogP contribution in [0.15, 0.2) is 17.1 Å². The molecule has 1 aromatic heterocycles. The van der Waals surface area contributed by atoms with E-state index in [2.05, 4.69) is 4.98 Å². The normalized spacial score (nSPS) is 30.2. The van der Waals surface area contributed by atoms with E-state index in [9.17, 15) is 23.5 Å². The number of amides is 1. The maximum atomic E-state index is 14.0. The van der Waals surface area contributed by atoms with E-state index in [1.165, 1.54) is 11.0 Å². The Bertz CT molecular complexity index is 680. The van der Waals surface area contributed by atoms with Gasteiger partial charge >= 0.3 is 11.6 Å². The van der Waals surface area contributed by atoms with Gasteiger partial charge in [0, 0.05) is 19.2 Å². The molecule has 0 unspecified atom stereocenters. The zero-order valence-electron chi connectivity index (χ0n) is 11.9. The number of nitrogens with zero attached hydrogens (tertiary/aromatic N) is 3. The second-order valence-electron chi connectivity index (χ2n) is 5.45. The summed E-state index contributed by atoms with van der Waals surface area (Å²) in [6.07, 6.45) is -3.78. The van der Waals surface area contributed by atoms with Crippen molar-refractivity contribution in [2.24, 2.45) is 0 Å². The molecule has 8 nitrogen and oxygen atoms in total. The van der Waals surface area contributed by atoms with Gasteiger partial charge in [0.05, 0.1) is 6.61 Å². The Balaban J connectivity index is 1.92. The highest BCUT2D eigenvalue weighted by atomic mass is 19.3. The molecule has 0 aromatic carbocycles. The summed E-state index contributed by atoms with van der Waals surface area (Å²) in [6.45, 7) is -0.396. The second-order valence-corrected chi connectivity index (χ2v) is 5.45. The smallest absolute Gasteiger partial charge is 0.351 e. The average molecular weight is 331 g/mol. The lowest BCUT2D eigenvalue weighted by atomic mass is 10.1. The van der Waals surface area contributed by atoms with Gasteiger partial charge in [-0.15, -0.1) is 0 Å². The van der Waals surface area contributed by atoms with Crippen LogP contribution in [-0.4, -0.2) is 57.0 Å². The number of aromatic nitrogens is 2. The number of rotatable bonds is 3. The van der Waals surface area contributed by atoms with E-state index in [1.54, 1.807) is 0 Å². The monoisotopic (exact) mass is 331 g/mol. The van der Waals surface area contributed by atoms with Crippen molar-refractivity contribution in [3.05, 3.63) is 22.7 Å². The fourth-order valence-corrected chi connectivity index (χ4v) is 2.74. The Hall–Kier alpha value is -1.91. The van der Waals surface area contributed by atoms with Gasteiger partial charge in [0.1, 0.15) is 11.9 Å². The number of hydrogen-bond donors (Lipinski definition) is 2. The first-order chi connectivity index (χ1) is 10.9. The van der Waals surface area contributed by atoms with Crippen LogP contribution in [0.2, 0.25) is 0 Å². The minimum atomic E-state index is -3.76. The van der Waals surface area contributed by atoms with Gasteiger partial charge in [-0.1, -0.05) is 0 Å². The molecule has 10 heteroatoms. The number of alkyl halides is 2. The van der Waals surface area contributed by atoms with E-state index in [4.69, 9.17) is 9.84 Å². The molecule has 0 bridgehead atoms. The van der Waals surface area contributed by atoms with Crippen molar-refractivity contribution >= 4 is 11.7 Å². The summed E-state index contributed by atoms with van der Waals surface area (Å²) in [5, 5.41) is 18.4. The largest absolute Gasteiger partial charge is 0.394 e. The van der Waals surface area contributed by atoms with Gasteiger partial charge in [-0.25, -0.2) is 4.79 Å². The van der Waals surface area contributed by atoms with Crippen molar-refractivity contribution in [1.29, 1.82) is 0 Å². The quantitative estimate of drug-likeness (QED) is 0.756.